The van der Waals surface area contributed by atoms with Crippen LogP contribution in [0.2, 0.25) is 5.02 Å². The van der Waals surface area contributed by atoms with Crippen molar-refractivity contribution in [2.45, 2.75) is 59.5 Å². The molecule has 1 aromatic carbocycles. The van der Waals surface area contributed by atoms with Crippen LogP contribution in [0.5, 0.6) is 0 Å². The first-order valence-electron chi connectivity index (χ1n) is 9.55. The van der Waals surface area contributed by atoms with Crippen molar-refractivity contribution in [2.75, 3.05) is 4.90 Å². The van der Waals surface area contributed by atoms with Gasteiger partial charge in [-0.25, -0.2) is 4.98 Å². The van der Waals surface area contributed by atoms with Gasteiger partial charge in [-0.3, -0.25) is 14.5 Å². The van der Waals surface area contributed by atoms with Gasteiger partial charge >= 0.3 is 5.97 Å². The second-order valence-electron chi connectivity index (χ2n) is 7.33. The van der Waals surface area contributed by atoms with Crippen LogP contribution in [0.15, 0.2) is 17.5 Å². The summed E-state index contributed by atoms with van der Waals surface area (Å²) < 4.78 is 5.47. The maximum Gasteiger partial charge on any atom is 0.309 e. The van der Waals surface area contributed by atoms with Crippen LogP contribution >= 0.6 is 22.9 Å². The van der Waals surface area contributed by atoms with Gasteiger partial charge in [0.25, 0.3) is 0 Å². The minimum Gasteiger partial charge on any atom is -0.459 e. The Morgan fingerprint density at radius 1 is 1.25 bits per heavy atom. The monoisotopic (exact) mass is 420 g/mol. The fraction of sp³-hybridized carbons (Fsp3) is 0.476. The van der Waals surface area contributed by atoms with Gasteiger partial charge in [0.2, 0.25) is 5.91 Å². The zero-order valence-electron chi connectivity index (χ0n) is 16.5. The molecule has 0 saturated heterocycles. The van der Waals surface area contributed by atoms with Crippen LogP contribution in [0.25, 0.3) is 0 Å². The number of benzene rings is 1. The lowest BCUT2D eigenvalue weighted by atomic mass is 9.89. The van der Waals surface area contributed by atoms with E-state index in [-0.39, 0.29) is 24.4 Å². The first kappa shape index (κ1) is 20.8. The zero-order chi connectivity index (χ0) is 20.3. The number of carbonyl (C=O) groups excluding carboxylic acids is 2. The summed E-state index contributed by atoms with van der Waals surface area (Å²) in [4.78, 5) is 30.6. The van der Waals surface area contributed by atoms with Crippen LogP contribution in [-0.4, -0.2) is 16.9 Å². The van der Waals surface area contributed by atoms with E-state index in [0.29, 0.717) is 21.5 Å². The standard InChI is InChI=1S/C21H25ClN2O3S/c1-13-9-14(2)19(18(22)10-13)24(15(3)25)21-23-17(12-28-21)11-27-20(26)16-7-5-4-6-8-16/h9-10,12,16H,4-8,11H2,1-3H3. The SMILES string of the molecule is CC(=O)N(c1nc(COC(=O)C2CCCCC2)cs1)c1c(C)cc(C)cc1Cl. The molecule has 0 bridgehead atoms. The largest absolute Gasteiger partial charge is 0.459 e. The first-order chi connectivity index (χ1) is 13.4. The van der Waals surface area contributed by atoms with E-state index in [2.05, 4.69) is 4.98 Å². The third-order valence-electron chi connectivity index (χ3n) is 4.97. The highest BCUT2D eigenvalue weighted by atomic mass is 35.5. The lowest BCUT2D eigenvalue weighted by Crippen LogP contribution is -2.24. The Hall–Kier alpha value is -1.92. The molecule has 0 radical (unpaired) electrons. The third kappa shape index (κ3) is 4.73. The first-order valence-corrected chi connectivity index (χ1v) is 10.8. The van der Waals surface area contributed by atoms with Gasteiger partial charge in [-0.05, 0) is 43.9 Å². The molecule has 1 amide bonds. The van der Waals surface area contributed by atoms with E-state index in [9.17, 15) is 9.59 Å². The predicted molar refractivity (Wildman–Crippen MR) is 112 cm³/mol. The quantitative estimate of drug-likeness (QED) is 0.580. The molecule has 1 heterocycles. The normalized spacial score (nSPS) is 14.7. The Kier molecular flexibility index (Phi) is 6.73. The molecule has 3 rings (SSSR count). The number of esters is 1. The van der Waals surface area contributed by atoms with Crippen molar-refractivity contribution in [3.8, 4) is 0 Å². The molecule has 0 N–H and O–H groups in total. The smallest absolute Gasteiger partial charge is 0.309 e. The van der Waals surface area contributed by atoms with Gasteiger partial charge < -0.3 is 4.74 Å². The number of ether oxygens (including phenoxy) is 1. The second-order valence-corrected chi connectivity index (χ2v) is 8.57. The van der Waals surface area contributed by atoms with Crippen molar-refractivity contribution in [1.29, 1.82) is 0 Å². The summed E-state index contributed by atoms with van der Waals surface area (Å²) in [7, 11) is 0. The number of nitrogens with zero attached hydrogens (tertiary/aromatic N) is 2. The fourth-order valence-electron chi connectivity index (χ4n) is 3.65. The lowest BCUT2D eigenvalue weighted by Gasteiger charge is -2.22. The molecular weight excluding hydrogens is 396 g/mol. The molecule has 1 aliphatic carbocycles. The van der Waals surface area contributed by atoms with Gasteiger partial charge in [0.1, 0.15) is 6.61 Å². The number of halogens is 1. The van der Waals surface area contributed by atoms with Crippen molar-refractivity contribution in [3.63, 3.8) is 0 Å². The minimum atomic E-state index is -0.172. The molecule has 28 heavy (non-hydrogen) atoms. The van der Waals surface area contributed by atoms with Crippen LogP contribution in [0.4, 0.5) is 10.8 Å². The summed E-state index contributed by atoms with van der Waals surface area (Å²) in [6.45, 7) is 5.49. The maximum absolute atomic E-state index is 12.4. The summed E-state index contributed by atoms with van der Waals surface area (Å²) >= 11 is 7.77. The number of thiazole rings is 1. The highest BCUT2D eigenvalue weighted by Gasteiger charge is 2.24. The van der Waals surface area contributed by atoms with Gasteiger partial charge in [0, 0.05) is 12.3 Å². The molecule has 0 unspecified atom stereocenters. The van der Waals surface area contributed by atoms with Gasteiger partial charge in [0.15, 0.2) is 5.13 Å². The van der Waals surface area contributed by atoms with Crippen LogP contribution < -0.4 is 4.90 Å². The van der Waals surface area contributed by atoms with E-state index in [4.69, 9.17) is 16.3 Å². The number of hydrogen-bond acceptors (Lipinski definition) is 5. The summed E-state index contributed by atoms with van der Waals surface area (Å²) in [5.74, 6) is -0.307. The Bertz CT molecular complexity index is 851. The second kappa shape index (κ2) is 9.05. The number of anilines is 2. The Balaban J connectivity index is 1.75. The van der Waals surface area contributed by atoms with Crippen molar-refractivity contribution in [2.24, 2.45) is 5.92 Å². The minimum absolute atomic E-state index is 0.00888. The maximum atomic E-state index is 12.4. The molecule has 2 aromatic rings. The number of carbonyl (C=O) groups is 2. The topological polar surface area (TPSA) is 59.5 Å². The molecule has 7 heteroatoms. The average Bonchev–Trinajstić information content (AvgIpc) is 3.11. The number of amides is 1. The Morgan fingerprint density at radius 3 is 2.61 bits per heavy atom. The zero-order valence-corrected chi connectivity index (χ0v) is 18.0. The molecule has 0 aliphatic heterocycles. The Labute approximate surface area is 174 Å². The molecule has 5 nitrogen and oxygen atoms in total. The number of aromatic nitrogens is 1. The van der Waals surface area contributed by atoms with E-state index < -0.39 is 0 Å². The van der Waals surface area contributed by atoms with Crippen LogP contribution in [0.3, 0.4) is 0 Å². The summed E-state index contributed by atoms with van der Waals surface area (Å²) in [5, 5.41) is 2.84. The van der Waals surface area contributed by atoms with E-state index in [1.54, 1.807) is 0 Å². The highest BCUT2D eigenvalue weighted by Crippen LogP contribution is 2.37. The Morgan fingerprint density at radius 2 is 1.96 bits per heavy atom. The number of hydrogen-bond donors (Lipinski definition) is 0. The lowest BCUT2D eigenvalue weighted by molar-refractivity contribution is -0.151. The summed E-state index contributed by atoms with van der Waals surface area (Å²) in [6, 6.07) is 3.82. The fourth-order valence-corrected chi connectivity index (χ4v) is 4.91. The third-order valence-corrected chi connectivity index (χ3v) is 6.13. The molecule has 1 fully saturated rings. The summed E-state index contributed by atoms with van der Waals surface area (Å²) in [6.07, 6.45) is 5.19. The van der Waals surface area contributed by atoms with E-state index >= 15 is 0 Å². The van der Waals surface area contributed by atoms with Gasteiger partial charge in [-0.15, -0.1) is 11.3 Å². The number of rotatable bonds is 5. The van der Waals surface area contributed by atoms with Crippen LogP contribution in [-0.2, 0) is 20.9 Å². The van der Waals surface area contributed by atoms with Gasteiger partial charge in [-0.1, -0.05) is 36.9 Å². The molecule has 150 valence electrons. The number of aryl methyl sites for hydroxylation is 2. The summed E-state index contributed by atoms with van der Waals surface area (Å²) in [5.41, 5.74) is 3.21. The molecule has 0 spiro atoms. The van der Waals surface area contributed by atoms with Crippen molar-refractivity contribution in [3.05, 3.63) is 39.4 Å². The van der Waals surface area contributed by atoms with Gasteiger partial charge in [-0.2, -0.15) is 0 Å². The molecule has 0 atom stereocenters. The van der Waals surface area contributed by atoms with Gasteiger partial charge in [0.05, 0.1) is 22.3 Å². The van der Waals surface area contributed by atoms with Crippen molar-refractivity contribution in [1.82, 2.24) is 4.98 Å². The average molecular weight is 421 g/mol. The highest BCUT2D eigenvalue weighted by molar-refractivity contribution is 7.14. The van der Waals surface area contributed by atoms with E-state index in [0.717, 1.165) is 36.8 Å². The molecular formula is C21H25ClN2O3S. The molecule has 1 aromatic heterocycles. The van der Waals surface area contributed by atoms with E-state index in [1.807, 2.05) is 31.4 Å². The molecule has 1 aliphatic rings. The van der Waals surface area contributed by atoms with Crippen LogP contribution in [0.1, 0.15) is 55.8 Å². The van der Waals surface area contributed by atoms with E-state index in [1.165, 1.54) is 29.6 Å². The molecule has 1 saturated carbocycles. The predicted octanol–water partition coefficient (Wildman–Crippen LogP) is 5.72. The van der Waals surface area contributed by atoms with Crippen molar-refractivity contribution < 1.29 is 14.3 Å². The van der Waals surface area contributed by atoms with Crippen LogP contribution in [0, 0.1) is 19.8 Å². The van der Waals surface area contributed by atoms with Crippen molar-refractivity contribution >= 4 is 45.6 Å².